The molecule has 2 aromatic rings. The molecule has 0 bridgehead atoms. The molecule has 0 aromatic heterocycles. The predicted molar refractivity (Wildman–Crippen MR) is 106 cm³/mol. The number of carbonyl (C=O) groups is 1. The Morgan fingerprint density at radius 3 is 2.41 bits per heavy atom. The quantitative estimate of drug-likeness (QED) is 0.824. The molecular weight excluding hydrogens is 362 g/mol. The monoisotopic (exact) mass is 387 g/mol. The fourth-order valence-corrected chi connectivity index (χ4v) is 5.35. The largest absolute Gasteiger partial charge is 0.481 e. The zero-order valence-electron chi connectivity index (χ0n) is 15.6. The fourth-order valence-electron chi connectivity index (χ4n) is 3.46. The number of fused-ring (bicyclic) bond motifs is 1. The van der Waals surface area contributed by atoms with Crippen LogP contribution in [0, 0.1) is 11.8 Å². The van der Waals surface area contributed by atoms with Gasteiger partial charge in [-0.1, -0.05) is 62.4 Å². The van der Waals surface area contributed by atoms with E-state index in [1.807, 2.05) is 30.3 Å². The van der Waals surface area contributed by atoms with Gasteiger partial charge in [-0.05, 0) is 34.6 Å². The number of rotatable bonds is 6. The fraction of sp³-hybridized carbons (Fsp3) is 0.381. The predicted octanol–water partition coefficient (Wildman–Crippen LogP) is 3.40. The summed E-state index contributed by atoms with van der Waals surface area (Å²) in [5.41, 5.74) is 4.40. The molecule has 1 aliphatic rings. The molecule has 1 N–H and O–H groups in total. The smallest absolute Gasteiger partial charge is 0.307 e. The van der Waals surface area contributed by atoms with Crippen molar-refractivity contribution in [1.29, 1.82) is 0 Å². The molecule has 0 fully saturated rings. The van der Waals surface area contributed by atoms with Gasteiger partial charge in [0.05, 0.1) is 11.7 Å². The number of carboxylic acid groups (broad SMARTS) is 1. The summed E-state index contributed by atoms with van der Waals surface area (Å²) in [6, 6.07) is 16.2. The van der Waals surface area contributed by atoms with Crippen LogP contribution in [-0.2, 0) is 27.8 Å². The summed E-state index contributed by atoms with van der Waals surface area (Å²) in [5.74, 6) is -2.53. The van der Waals surface area contributed by atoms with Crippen molar-refractivity contribution in [1.82, 2.24) is 4.31 Å². The van der Waals surface area contributed by atoms with Gasteiger partial charge in [-0.25, -0.2) is 8.42 Å². The summed E-state index contributed by atoms with van der Waals surface area (Å²) in [4.78, 5) is 11.4. The topological polar surface area (TPSA) is 74.7 Å². The molecule has 0 radical (unpaired) electrons. The first-order chi connectivity index (χ1) is 12.8. The Morgan fingerprint density at radius 1 is 1.07 bits per heavy atom. The Hall–Kier alpha value is -2.18. The van der Waals surface area contributed by atoms with Gasteiger partial charge in [0.15, 0.2) is 0 Å². The number of sulfonamides is 1. The third kappa shape index (κ3) is 4.39. The summed E-state index contributed by atoms with van der Waals surface area (Å²) in [5, 5.41) is 9.32. The van der Waals surface area contributed by atoms with Crippen molar-refractivity contribution in [3.63, 3.8) is 0 Å². The van der Waals surface area contributed by atoms with E-state index in [2.05, 4.69) is 18.2 Å². The standard InChI is InChI=1S/C21H25NO4S/c1-15(2)20(21(23)24)14-27(25,26)22-11-10-18-12-17(8-9-19(18)13-22)16-6-4-3-5-7-16/h3-9,12,15,20H,10-11,13-14H2,1-2H3,(H,23,24). The third-order valence-electron chi connectivity index (χ3n) is 5.20. The van der Waals surface area contributed by atoms with Crippen LogP contribution in [0.4, 0.5) is 0 Å². The molecule has 0 spiro atoms. The van der Waals surface area contributed by atoms with Crippen molar-refractivity contribution in [3.8, 4) is 11.1 Å². The summed E-state index contributed by atoms with van der Waals surface area (Å²) in [7, 11) is -3.63. The van der Waals surface area contributed by atoms with E-state index >= 15 is 0 Å². The van der Waals surface area contributed by atoms with Gasteiger partial charge in [0.25, 0.3) is 0 Å². The van der Waals surface area contributed by atoms with Crippen LogP contribution in [0.25, 0.3) is 11.1 Å². The van der Waals surface area contributed by atoms with Gasteiger partial charge in [-0.2, -0.15) is 4.31 Å². The van der Waals surface area contributed by atoms with Crippen LogP contribution < -0.4 is 0 Å². The molecule has 0 saturated carbocycles. The first kappa shape index (κ1) is 19.6. The molecule has 0 amide bonds. The number of nitrogens with zero attached hydrogens (tertiary/aromatic N) is 1. The number of hydrogen-bond donors (Lipinski definition) is 1. The normalized spacial score (nSPS) is 16.1. The van der Waals surface area contributed by atoms with Gasteiger partial charge in [0.1, 0.15) is 0 Å². The molecule has 1 unspecified atom stereocenters. The van der Waals surface area contributed by atoms with Crippen LogP contribution in [0.5, 0.6) is 0 Å². The maximum Gasteiger partial charge on any atom is 0.307 e. The van der Waals surface area contributed by atoms with Crippen molar-refractivity contribution < 1.29 is 18.3 Å². The maximum absolute atomic E-state index is 12.8. The Morgan fingerprint density at radius 2 is 1.78 bits per heavy atom. The first-order valence-corrected chi connectivity index (χ1v) is 10.8. The lowest BCUT2D eigenvalue weighted by Crippen LogP contribution is -2.41. The van der Waals surface area contributed by atoms with Gasteiger partial charge in [0, 0.05) is 13.1 Å². The molecule has 1 atom stereocenters. The second-order valence-electron chi connectivity index (χ2n) is 7.40. The zero-order chi connectivity index (χ0) is 19.6. The SMILES string of the molecule is CC(C)C(CS(=O)(=O)N1CCc2cc(-c3ccccc3)ccc2C1)C(=O)O. The van der Waals surface area contributed by atoms with Crippen molar-refractivity contribution in [2.75, 3.05) is 12.3 Å². The van der Waals surface area contributed by atoms with Crippen LogP contribution in [0.1, 0.15) is 25.0 Å². The van der Waals surface area contributed by atoms with Crippen LogP contribution >= 0.6 is 0 Å². The number of hydrogen-bond acceptors (Lipinski definition) is 3. The van der Waals surface area contributed by atoms with E-state index in [4.69, 9.17) is 0 Å². The summed E-state index contributed by atoms with van der Waals surface area (Å²) < 4.78 is 27.0. The molecule has 0 aliphatic carbocycles. The number of carboxylic acids is 1. The van der Waals surface area contributed by atoms with Crippen LogP contribution in [0.3, 0.4) is 0 Å². The molecule has 2 aromatic carbocycles. The first-order valence-electron chi connectivity index (χ1n) is 9.16. The number of benzene rings is 2. The number of aliphatic carboxylic acids is 1. The van der Waals surface area contributed by atoms with Crippen molar-refractivity contribution in [2.24, 2.45) is 11.8 Å². The van der Waals surface area contributed by atoms with Gasteiger partial charge in [-0.15, -0.1) is 0 Å². The summed E-state index contributed by atoms with van der Waals surface area (Å²) >= 11 is 0. The highest BCUT2D eigenvalue weighted by molar-refractivity contribution is 7.89. The second-order valence-corrected chi connectivity index (χ2v) is 9.41. The van der Waals surface area contributed by atoms with Crippen LogP contribution in [0.15, 0.2) is 48.5 Å². The Bertz CT molecular complexity index is 922. The Balaban J connectivity index is 1.79. The zero-order valence-corrected chi connectivity index (χ0v) is 16.4. The molecule has 27 heavy (non-hydrogen) atoms. The van der Waals surface area contributed by atoms with Gasteiger partial charge in [0.2, 0.25) is 10.0 Å². The highest BCUT2D eigenvalue weighted by Gasteiger charge is 2.33. The molecule has 1 aliphatic heterocycles. The van der Waals surface area contributed by atoms with E-state index in [1.54, 1.807) is 13.8 Å². The average Bonchev–Trinajstić information content (AvgIpc) is 2.65. The Kier molecular flexibility index (Phi) is 5.67. The minimum absolute atomic E-state index is 0.234. The highest BCUT2D eigenvalue weighted by atomic mass is 32.2. The summed E-state index contributed by atoms with van der Waals surface area (Å²) in [6.45, 7) is 4.17. The lowest BCUT2D eigenvalue weighted by Gasteiger charge is -2.30. The average molecular weight is 388 g/mol. The van der Waals surface area contributed by atoms with Gasteiger partial charge in [-0.3, -0.25) is 4.79 Å². The van der Waals surface area contributed by atoms with Gasteiger partial charge < -0.3 is 5.11 Å². The van der Waals surface area contributed by atoms with E-state index in [0.29, 0.717) is 19.5 Å². The molecule has 5 nitrogen and oxygen atoms in total. The van der Waals surface area contributed by atoms with E-state index in [-0.39, 0.29) is 11.7 Å². The lowest BCUT2D eigenvalue weighted by atomic mass is 9.95. The lowest BCUT2D eigenvalue weighted by molar-refractivity contribution is -0.142. The van der Waals surface area contributed by atoms with Crippen molar-refractivity contribution in [2.45, 2.75) is 26.8 Å². The molecule has 0 saturated heterocycles. The second kappa shape index (κ2) is 7.82. The van der Waals surface area contributed by atoms with Crippen molar-refractivity contribution in [3.05, 3.63) is 59.7 Å². The minimum Gasteiger partial charge on any atom is -0.481 e. The molecule has 6 heteroatoms. The highest BCUT2D eigenvalue weighted by Crippen LogP contribution is 2.28. The van der Waals surface area contributed by atoms with E-state index in [9.17, 15) is 18.3 Å². The van der Waals surface area contributed by atoms with E-state index < -0.39 is 21.9 Å². The molecular formula is C21H25NO4S. The van der Waals surface area contributed by atoms with Crippen molar-refractivity contribution >= 4 is 16.0 Å². The van der Waals surface area contributed by atoms with Gasteiger partial charge >= 0.3 is 5.97 Å². The molecule has 3 rings (SSSR count). The Labute approximate surface area is 160 Å². The maximum atomic E-state index is 12.8. The van der Waals surface area contributed by atoms with E-state index in [0.717, 1.165) is 22.3 Å². The van der Waals surface area contributed by atoms with E-state index in [1.165, 1.54) is 4.31 Å². The third-order valence-corrected chi connectivity index (χ3v) is 7.07. The van der Waals surface area contributed by atoms with Crippen LogP contribution in [0.2, 0.25) is 0 Å². The van der Waals surface area contributed by atoms with Crippen LogP contribution in [-0.4, -0.2) is 36.1 Å². The molecule has 144 valence electrons. The summed E-state index contributed by atoms with van der Waals surface area (Å²) in [6.07, 6.45) is 0.634. The molecule has 1 heterocycles. The minimum atomic E-state index is -3.63.